The zero-order valence-corrected chi connectivity index (χ0v) is 17.1. The first kappa shape index (κ1) is 21.1. The summed E-state index contributed by atoms with van der Waals surface area (Å²) in [7, 11) is 3.39. The minimum atomic E-state index is -0.651. The Morgan fingerprint density at radius 1 is 1.38 bits per heavy atom. The fraction of sp³-hybridized carbons (Fsp3) is 0.421. The third-order valence-corrected chi connectivity index (χ3v) is 5.55. The van der Waals surface area contributed by atoms with E-state index in [4.69, 9.17) is 0 Å². The standard InChI is InChI=1S/C19H23F2N5O2S/c1-25(2)15(17-13(20)5-3-6-14(17)21)10-23-16(27)9-12-11-29-19(24-12)26-8-4-7-22-18(26)28/h3,5-6,11,15H,4,7-10H2,1-2H3,(H,22,28)(H,23,27). The van der Waals surface area contributed by atoms with E-state index >= 15 is 0 Å². The Hall–Kier alpha value is -2.59. The molecule has 1 aromatic carbocycles. The van der Waals surface area contributed by atoms with Crippen molar-refractivity contribution in [1.29, 1.82) is 0 Å². The van der Waals surface area contributed by atoms with Crippen LogP contribution in [0.15, 0.2) is 23.6 Å². The number of anilines is 1. The van der Waals surface area contributed by atoms with E-state index in [0.717, 1.165) is 6.42 Å². The van der Waals surface area contributed by atoms with Crippen LogP contribution in [0.3, 0.4) is 0 Å². The lowest BCUT2D eigenvalue weighted by Crippen LogP contribution is -2.46. The highest BCUT2D eigenvalue weighted by atomic mass is 32.1. The molecule has 29 heavy (non-hydrogen) atoms. The van der Waals surface area contributed by atoms with Gasteiger partial charge in [0.25, 0.3) is 0 Å². The maximum absolute atomic E-state index is 14.1. The maximum atomic E-state index is 14.1. The van der Waals surface area contributed by atoms with Crippen LogP contribution >= 0.6 is 11.3 Å². The van der Waals surface area contributed by atoms with Gasteiger partial charge in [-0.2, -0.15) is 0 Å². The van der Waals surface area contributed by atoms with E-state index in [1.807, 2.05) is 0 Å². The molecule has 1 atom stereocenters. The number of benzene rings is 1. The van der Waals surface area contributed by atoms with Crippen LogP contribution in [0.5, 0.6) is 0 Å². The highest BCUT2D eigenvalue weighted by Crippen LogP contribution is 2.24. The molecule has 0 bridgehead atoms. The summed E-state index contributed by atoms with van der Waals surface area (Å²) < 4.78 is 28.2. The predicted octanol–water partition coefficient (Wildman–Crippen LogP) is 2.30. The van der Waals surface area contributed by atoms with Crippen molar-refractivity contribution >= 4 is 28.4 Å². The number of hydrogen-bond donors (Lipinski definition) is 2. The van der Waals surface area contributed by atoms with Gasteiger partial charge in [0.2, 0.25) is 5.91 Å². The number of thiazole rings is 1. The van der Waals surface area contributed by atoms with Crippen molar-refractivity contribution < 1.29 is 18.4 Å². The molecule has 1 aliphatic rings. The Morgan fingerprint density at radius 2 is 2.10 bits per heavy atom. The fourth-order valence-electron chi connectivity index (χ4n) is 3.12. The molecule has 156 valence electrons. The molecule has 3 amide bonds. The quantitative estimate of drug-likeness (QED) is 0.717. The lowest BCUT2D eigenvalue weighted by Gasteiger charge is -2.25. The molecule has 1 aromatic heterocycles. The zero-order chi connectivity index (χ0) is 21.0. The largest absolute Gasteiger partial charge is 0.354 e. The molecule has 0 saturated carbocycles. The topological polar surface area (TPSA) is 77.6 Å². The van der Waals surface area contributed by atoms with Crippen LogP contribution < -0.4 is 15.5 Å². The number of aromatic nitrogens is 1. The molecule has 0 radical (unpaired) electrons. The number of halogens is 2. The lowest BCUT2D eigenvalue weighted by atomic mass is 10.0. The molecule has 1 aliphatic heterocycles. The van der Waals surface area contributed by atoms with Crippen LogP contribution in [-0.4, -0.2) is 55.6 Å². The van der Waals surface area contributed by atoms with Gasteiger partial charge in [-0.1, -0.05) is 6.07 Å². The van der Waals surface area contributed by atoms with Crippen LogP contribution in [0.1, 0.15) is 23.7 Å². The van der Waals surface area contributed by atoms with Gasteiger partial charge in [0.1, 0.15) is 11.6 Å². The van der Waals surface area contributed by atoms with Crippen molar-refractivity contribution in [1.82, 2.24) is 20.5 Å². The summed E-state index contributed by atoms with van der Waals surface area (Å²) in [6.07, 6.45) is 0.853. The number of hydrogen-bond acceptors (Lipinski definition) is 5. The molecule has 2 N–H and O–H groups in total. The van der Waals surface area contributed by atoms with E-state index in [1.165, 1.54) is 29.5 Å². The first-order chi connectivity index (χ1) is 13.9. The van der Waals surface area contributed by atoms with Gasteiger partial charge in [0.05, 0.1) is 18.2 Å². The molecule has 2 aromatic rings. The Kier molecular flexibility index (Phi) is 6.75. The molecule has 1 unspecified atom stereocenters. The normalized spacial score (nSPS) is 15.3. The van der Waals surface area contributed by atoms with E-state index < -0.39 is 17.7 Å². The average molecular weight is 423 g/mol. The van der Waals surface area contributed by atoms with Crippen LogP contribution in [0.2, 0.25) is 0 Å². The van der Waals surface area contributed by atoms with Crippen molar-refractivity contribution in [3.05, 3.63) is 46.5 Å². The number of carbonyl (C=O) groups excluding carboxylic acids is 2. The monoisotopic (exact) mass is 423 g/mol. The van der Waals surface area contributed by atoms with Crippen LogP contribution in [-0.2, 0) is 11.2 Å². The zero-order valence-electron chi connectivity index (χ0n) is 16.2. The number of rotatable bonds is 7. The third kappa shape index (κ3) is 5.07. The summed E-state index contributed by atoms with van der Waals surface area (Å²) in [4.78, 5) is 31.8. The van der Waals surface area contributed by atoms with Crippen molar-refractivity contribution in [3.8, 4) is 0 Å². The average Bonchev–Trinajstić information content (AvgIpc) is 3.12. The van der Waals surface area contributed by atoms with Gasteiger partial charge in [0, 0.05) is 30.6 Å². The number of likely N-dealkylation sites (N-methyl/N-ethyl adjacent to an activating group) is 1. The van der Waals surface area contributed by atoms with Crippen molar-refractivity contribution in [2.24, 2.45) is 0 Å². The van der Waals surface area contributed by atoms with Gasteiger partial charge in [-0.15, -0.1) is 11.3 Å². The highest BCUT2D eigenvalue weighted by Gasteiger charge is 2.24. The molecule has 3 rings (SSSR count). The van der Waals surface area contributed by atoms with Gasteiger partial charge < -0.3 is 15.5 Å². The summed E-state index contributed by atoms with van der Waals surface area (Å²) in [5.74, 6) is -1.61. The number of nitrogens with zero attached hydrogens (tertiary/aromatic N) is 3. The Bertz CT molecular complexity index is 869. The summed E-state index contributed by atoms with van der Waals surface area (Å²) >= 11 is 1.30. The summed E-state index contributed by atoms with van der Waals surface area (Å²) in [6, 6.07) is 2.86. The molecule has 7 nitrogen and oxygen atoms in total. The second kappa shape index (κ2) is 9.27. The number of urea groups is 1. The molecule has 10 heteroatoms. The van der Waals surface area contributed by atoms with E-state index in [0.29, 0.717) is 23.9 Å². The smallest absolute Gasteiger partial charge is 0.323 e. The van der Waals surface area contributed by atoms with E-state index in [1.54, 1.807) is 29.3 Å². The Morgan fingerprint density at radius 3 is 2.76 bits per heavy atom. The van der Waals surface area contributed by atoms with Gasteiger partial charge in [-0.25, -0.2) is 18.6 Å². The minimum absolute atomic E-state index is 0.0197. The molecular weight excluding hydrogens is 400 g/mol. The first-order valence-electron chi connectivity index (χ1n) is 9.23. The SMILES string of the molecule is CN(C)C(CNC(=O)Cc1csc(N2CCCNC2=O)n1)c1c(F)cccc1F. The van der Waals surface area contributed by atoms with Gasteiger partial charge in [0.15, 0.2) is 5.13 Å². The van der Waals surface area contributed by atoms with Crippen molar-refractivity contribution in [3.63, 3.8) is 0 Å². The third-order valence-electron chi connectivity index (χ3n) is 4.64. The Balaban J connectivity index is 1.61. The van der Waals surface area contributed by atoms with E-state index in [9.17, 15) is 18.4 Å². The molecule has 2 heterocycles. The van der Waals surface area contributed by atoms with Crippen LogP contribution in [0.4, 0.5) is 18.7 Å². The lowest BCUT2D eigenvalue weighted by molar-refractivity contribution is -0.120. The minimum Gasteiger partial charge on any atom is -0.354 e. The summed E-state index contributed by atoms with van der Waals surface area (Å²) in [5.41, 5.74) is 0.462. The number of carbonyl (C=O) groups is 2. The molecular formula is C19H23F2N5O2S. The number of nitrogens with one attached hydrogen (secondary N) is 2. The van der Waals surface area contributed by atoms with Crippen LogP contribution in [0.25, 0.3) is 0 Å². The first-order valence-corrected chi connectivity index (χ1v) is 10.1. The number of amides is 3. The van der Waals surface area contributed by atoms with Gasteiger partial charge >= 0.3 is 6.03 Å². The molecule has 0 aliphatic carbocycles. The molecule has 0 spiro atoms. The van der Waals surface area contributed by atoms with E-state index in [2.05, 4.69) is 15.6 Å². The Labute approximate surface area is 171 Å². The highest BCUT2D eigenvalue weighted by molar-refractivity contribution is 7.14. The molecule has 1 fully saturated rings. The van der Waals surface area contributed by atoms with Crippen molar-refractivity contribution in [2.75, 3.05) is 38.6 Å². The second-order valence-electron chi connectivity index (χ2n) is 6.95. The second-order valence-corrected chi connectivity index (χ2v) is 7.79. The van der Waals surface area contributed by atoms with Gasteiger partial charge in [-0.05, 0) is 32.6 Å². The maximum Gasteiger partial charge on any atom is 0.323 e. The molecule has 1 saturated heterocycles. The predicted molar refractivity (Wildman–Crippen MR) is 107 cm³/mol. The summed E-state index contributed by atoms with van der Waals surface area (Å²) in [5, 5.41) is 7.76. The summed E-state index contributed by atoms with van der Waals surface area (Å²) in [6.45, 7) is 1.28. The van der Waals surface area contributed by atoms with Crippen LogP contribution in [0, 0.1) is 11.6 Å². The van der Waals surface area contributed by atoms with E-state index in [-0.39, 0.29) is 30.5 Å². The van der Waals surface area contributed by atoms with Crippen molar-refractivity contribution in [2.45, 2.75) is 18.9 Å². The van der Waals surface area contributed by atoms with Gasteiger partial charge in [-0.3, -0.25) is 9.69 Å². The fourth-order valence-corrected chi connectivity index (χ4v) is 3.97.